The Morgan fingerprint density at radius 2 is 2.06 bits per heavy atom. The van der Waals surface area contributed by atoms with Crippen molar-refractivity contribution in [1.82, 2.24) is 10.4 Å². The second kappa shape index (κ2) is 6.07. The Balaban J connectivity index is 1.96. The van der Waals surface area contributed by atoms with Gasteiger partial charge in [-0.15, -0.1) is 0 Å². The van der Waals surface area contributed by atoms with Crippen molar-refractivity contribution in [3.05, 3.63) is 64.4 Å². The van der Waals surface area contributed by atoms with E-state index in [9.17, 15) is 4.79 Å². The molecule has 1 aromatic carbocycles. The average Bonchev–Trinajstić information content (AvgIpc) is 2.40. The molecule has 0 aliphatic rings. The first-order chi connectivity index (χ1) is 8.75. The van der Waals surface area contributed by atoms with E-state index in [1.54, 1.807) is 48.9 Å². The first-order valence-electron chi connectivity index (χ1n) is 5.25. The molecular formula is C13H10BrN3O. The van der Waals surface area contributed by atoms with Crippen molar-refractivity contribution in [2.75, 3.05) is 0 Å². The molecule has 1 N–H and O–H groups in total. The number of pyridine rings is 1. The predicted octanol–water partition coefficient (Wildman–Crippen LogP) is 2.61. The smallest absolute Gasteiger partial charge is 0.267 e. The van der Waals surface area contributed by atoms with E-state index in [0.717, 1.165) is 10.0 Å². The molecule has 0 bridgehead atoms. The van der Waals surface area contributed by atoms with Crippen LogP contribution in [0, 0.1) is 0 Å². The summed E-state index contributed by atoms with van der Waals surface area (Å²) in [6, 6.07) is 10.7. The van der Waals surface area contributed by atoms with E-state index < -0.39 is 0 Å². The van der Waals surface area contributed by atoms with Crippen LogP contribution in [0.4, 0.5) is 0 Å². The van der Waals surface area contributed by atoms with Gasteiger partial charge in [0.15, 0.2) is 0 Å². The van der Waals surface area contributed by atoms with Gasteiger partial charge in [-0.2, -0.15) is 5.10 Å². The summed E-state index contributed by atoms with van der Waals surface area (Å²) in [6.45, 7) is 0. The van der Waals surface area contributed by atoms with Crippen LogP contribution in [-0.2, 0) is 0 Å². The number of nitrogens with one attached hydrogen (secondary N) is 1. The van der Waals surface area contributed by atoms with Crippen LogP contribution in [0.5, 0.6) is 0 Å². The van der Waals surface area contributed by atoms with Gasteiger partial charge >= 0.3 is 0 Å². The molecule has 90 valence electrons. The van der Waals surface area contributed by atoms with Crippen LogP contribution in [0.25, 0.3) is 0 Å². The molecular weight excluding hydrogens is 294 g/mol. The maximum Gasteiger partial charge on any atom is 0.271 e. The van der Waals surface area contributed by atoms with Gasteiger partial charge in [0.1, 0.15) is 0 Å². The van der Waals surface area contributed by atoms with Gasteiger partial charge < -0.3 is 0 Å². The second-order valence-corrected chi connectivity index (χ2v) is 4.41. The van der Waals surface area contributed by atoms with E-state index in [0.29, 0.717) is 5.56 Å². The number of hydrogen-bond donors (Lipinski definition) is 1. The Bertz CT molecular complexity index is 552. The highest BCUT2D eigenvalue weighted by Gasteiger charge is 2.02. The normalized spacial score (nSPS) is 10.5. The highest BCUT2D eigenvalue weighted by Crippen LogP contribution is 2.10. The summed E-state index contributed by atoms with van der Waals surface area (Å²) in [5, 5.41) is 3.86. The van der Waals surface area contributed by atoms with Crippen LogP contribution >= 0.6 is 15.9 Å². The van der Waals surface area contributed by atoms with Crippen LogP contribution in [0.1, 0.15) is 15.9 Å². The summed E-state index contributed by atoms with van der Waals surface area (Å²) in [5.74, 6) is -0.248. The molecule has 0 saturated heterocycles. The summed E-state index contributed by atoms with van der Waals surface area (Å²) in [4.78, 5) is 15.6. The number of carbonyl (C=O) groups excluding carboxylic acids is 1. The Labute approximate surface area is 113 Å². The number of amides is 1. The van der Waals surface area contributed by atoms with E-state index in [1.807, 2.05) is 6.07 Å². The highest BCUT2D eigenvalue weighted by atomic mass is 79.9. The summed E-state index contributed by atoms with van der Waals surface area (Å²) in [6.07, 6.45) is 4.89. The zero-order valence-electron chi connectivity index (χ0n) is 9.38. The Morgan fingerprint density at radius 1 is 1.28 bits per heavy atom. The van der Waals surface area contributed by atoms with Crippen LogP contribution in [0.3, 0.4) is 0 Å². The van der Waals surface area contributed by atoms with E-state index in [-0.39, 0.29) is 5.91 Å². The van der Waals surface area contributed by atoms with Crippen molar-refractivity contribution >= 4 is 28.1 Å². The molecule has 1 aromatic heterocycles. The van der Waals surface area contributed by atoms with Crippen molar-refractivity contribution in [2.45, 2.75) is 0 Å². The molecule has 18 heavy (non-hydrogen) atoms. The minimum Gasteiger partial charge on any atom is -0.267 e. The first kappa shape index (κ1) is 12.4. The van der Waals surface area contributed by atoms with Crippen molar-refractivity contribution in [3.63, 3.8) is 0 Å². The molecule has 0 saturated carbocycles. The molecule has 0 atom stereocenters. The second-order valence-electron chi connectivity index (χ2n) is 3.49. The summed E-state index contributed by atoms with van der Waals surface area (Å²) in [7, 11) is 0. The minimum absolute atomic E-state index is 0.248. The van der Waals surface area contributed by atoms with Crippen LogP contribution in [-0.4, -0.2) is 17.1 Å². The van der Waals surface area contributed by atoms with Gasteiger partial charge in [-0.25, -0.2) is 5.43 Å². The molecule has 1 amide bonds. The lowest BCUT2D eigenvalue weighted by molar-refractivity contribution is 0.0955. The van der Waals surface area contributed by atoms with Gasteiger partial charge in [0.05, 0.1) is 6.21 Å². The van der Waals surface area contributed by atoms with Crippen molar-refractivity contribution in [1.29, 1.82) is 0 Å². The fourth-order valence-corrected chi connectivity index (χ4v) is 1.55. The first-order valence-corrected chi connectivity index (χ1v) is 6.04. The summed E-state index contributed by atoms with van der Waals surface area (Å²) in [5.41, 5.74) is 3.84. The third-order valence-electron chi connectivity index (χ3n) is 2.17. The van der Waals surface area contributed by atoms with Crippen molar-refractivity contribution in [2.24, 2.45) is 5.10 Å². The third-order valence-corrected chi connectivity index (χ3v) is 2.70. The standard InChI is InChI=1S/C13H10BrN3O/c14-12-5-3-11(4-6-12)13(18)17-16-9-10-2-1-7-15-8-10/h1-9H,(H,17,18)/b16-9-. The molecule has 0 radical (unpaired) electrons. The van der Waals surface area contributed by atoms with Gasteiger partial charge in [0, 0.05) is 28.0 Å². The highest BCUT2D eigenvalue weighted by molar-refractivity contribution is 9.10. The SMILES string of the molecule is O=C(N/N=C\c1cccnc1)c1ccc(Br)cc1. The van der Waals surface area contributed by atoms with Gasteiger partial charge in [-0.1, -0.05) is 22.0 Å². The molecule has 2 aromatic rings. The maximum absolute atomic E-state index is 11.7. The number of hydrogen-bond acceptors (Lipinski definition) is 3. The van der Waals surface area contributed by atoms with Crippen LogP contribution in [0.15, 0.2) is 58.4 Å². The van der Waals surface area contributed by atoms with Gasteiger partial charge in [-0.3, -0.25) is 9.78 Å². The molecule has 4 nitrogen and oxygen atoms in total. The minimum atomic E-state index is -0.248. The zero-order valence-corrected chi connectivity index (χ0v) is 11.0. The number of benzene rings is 1. The fourth-order valence-electron chi connectivity index (χ4n) is 1.28. The molecule has 5 heteroatoms. The number of aromatic nitrogens is 1. The van der Waals surface area contributed by atoms with E-state index in [1.165, 1.54) is 0 Å². The largest absolute Gasteiger partial charge is 0.271 e. The van der Waals surface area contributed by atoms with Crippen LogP contribution < -0.4 is 5.43 Å². The van der Waals surface area contributed by atoms with E-state index in [4.69, 9.17) is 0 Å². The number of nitrogens with zero attached hydrogens (tertiary/aromatic N) is 2. The molecule has 2 rings (SSSR count). The summed E-state index contributed by atoms with van der Waals surface area (Å²) >= 11 is 3.31. The Kier molecular flexibility index (Phi) is 4.20. The van der Waals surface area contributed by atoms with Gasteiger partial charge in [-0.05, 0) is 30.3 Å². The number of hydrazone groups is 1. The number of rotatable bonds is 3. The van der Waals surface area contributed by atoms with Crippen LogP contribution in [0.2, 0.25) is 0 Å². The van der Waals surface area contributed by atoms with Gasteiger partial charge in [0.2, 0.25) is 0 Å². The van der Waals surface area contributed by atoms with Gasteiger partial charge in [0.25, 0.3) is 5.91 Å². The molecule has 0 fully saturated rings. The molecule has 0 spiro atoms. The monoisotopic (exact) mass is 303 g/mol. The molecule has 0 aliphatic carbocycles. The van der Waals surface area contributed by atoms with Crippen molar-refractivity contribution in [3.8, 4) is 0 Å². The molecule has 1 heterocycles. The van der Waals surface area contributed by atoms with E-state index in [2.05, 4.69) is 31.4 Å². The molecule has 0 unspecified atom stereocenters. The third kappa shape index (κ3) is 3.49. The van der Waals surface area contributed by atoms with Crippen molar-refractivity contribution < 1.29 is 4.79 Å². The molecule has 0 aliphatic heterocycles. The quantitative estimate of drug-likeness (QED) is 0.700. The number of halogens is 1. The lowest BCUT2D eigenvalue weighted by Crippen LogP contribution is -2.17. The Hall–Kier alpha value is -2.01. The topological polar surface area (TPSA) is 54.4 Å². The fraction of sp³-hybridized carbons (Fsp3) is 0. The Morgan fingerprint density at radius 3 is 2.72 bits per heavy atom. The lowest BCUT2D eigenvalue weighted by atomic mass is 10.2. The maximum atomic E-state index is 11.7. The average molecular weight is 304 g/mol. The predicted molar refractivity (Wildman–Crippen MR) is 73.4 cm³/mol. The van der Waals surface area contributed by atoms with E-state index >= 15 is 0 Å². The lowest BCUT2D eigenvalue weighted by Gasteiger charge is -1.99. The zero-order chi connectivity index (χ0) is 12.8. The summed E-state index contributed by atoms with van der Waals surface area (Å²) < 4.78 is 0.929. The number of carbonyl (C=O) groups is 1.